The van der Waals surface area contributed by atoms with Gasteiger partial charge in [-0.25, -0.2) is 0 Å². The molecule has 0 aliphatic carbocycles. The molecular formula is C24H22Cl2N4O4S. The van der Waals surface area contributed by atoms with E-state index < -0.39 is 11.0 Å². The lowest BCUT2D eigenvalue weighted by Crippen LogP contribution is -2.29. The van der Waals surface area contributed by atoms with E-state index in [0.29, 0.717) is 16.7 Å². The van der Waals surface area contributed by atoms with Crippen molar-refractivity contribution < 1.29 is 14.0 Å². The standard InChI is InChI=1S/C24H22Cl2N4O4S/c1-24(2,3)23(33)30-20(27-12-14-6-7-19(26)35-14)11-16(28-30)21-15(25)8-9-29(22(21)32)13-17(31)18-5-4-10-34-18/h4-11,27H,12-13H2,1-3H3. The number of nitrogens with zero attached hydrogens (tertiary/aromatic N) is 3. The van der Waals surface area contributed by atoms with Crippen LogP contribution in [0, 0.1) is 5.41 Å². The first-order valence-electron chi connectivity index (χ1n) is 10.6. The van der Waals surface area contributed by atoms with Crippen LogP contribution in [0.5, 0.6) is 0 Å². The molecule has 0 saturated carbocycles. The molecule has 0 radical (unpaired) electrons. The Morgan fingerprint density at radius 3 is 2.57 bits per heavy atom. The maximum Gasteiger partial charge on any atom is 0.262 e. The Bertz CT molecular complexity index is 1440. The van der Waals surface area contributed by atoms with E-state index in [2.05, 4.69) is 10.4 Å². The van der Waals surface area contributed by atoms with Crippen LogP contribution in [0.25, 0.3) is 11.3 Å². The van der Waals surface area contributed by atoms with Crippen LogP contribution in [-0.4, -0.2) is 26.0 Å². The molecule has 0 aliphatic heterocycles. The fourth-order valence-electron chi connectivity index (χ4n) is 3.30. The zero-order valence-corrected chi connectivity index (χ0v) is 21.5. The summed E-state index contributed by atoms with van der Waals surface area (Å²) < 4.78 is 8.26. The van der Waals surface area contributed by atoms with Gasteiger partial charge in [-0.15, -0.1) is 11.3 Å². The van der Waals surface area contributed by atoms with Crippen molar-refractivity contribution in [3.05, 3.63) is 79.2 Å². The maximum atomic E-state index is 13.3. The first-order chi connectivity index (χ1) is 16.5. The van der Waals surface area contributed by atoms with Crippen molar-refractivity contribution in [1.82, 2.24) is 14.3 Å². The lowest BCUT2D eigenvalue weighted by molar-refractivity contribution is 0.0752. The van der Waals surface area contributed by atoms with Crippen LogP contribution in [0.2, 0.25) is 9.36 Å². The molecule has 35 heavy (non-hydrogen) atoms. The summed E-state index contributed by atoms with van der Waals surface area (Å²) in [6, 6.07) is 9.92. The smallest absolute Gasteiger partial charge is 0.262 e. The van der Waals surface area contributed by atoms with Gasteiger partial charge in [0.15, 0.2) is 5.76 Å². The fourth-order valence-corrected chi connectivity index (χ4v) is 4.57. The quantitative estimate of drug-likeness (QED) is 0.299. The first-order valence-corrected chi connectivity index (χ1v) is 12.2. The van der Waals surface area contributed by atoms with Gasteiger partial charge in [0.25, 0.3) is 11.5 Å². The van der Waals surface area contributed by atoms with Crippen molar-refractivity contribution in [3.8, 4) is 11.3 Å². The molecule has 1 N–H and O–H groups in total. The number of rotatable bonds is 7. The van der Waals surface area contributed by atoms with Gasteiger partial charge >= 0.3 is 0 Å². The lowest BCUT2D eigenvalue weighted by Gasteiger charge is -2.18. The minimum Gasteiger partial charge on any atom is -0.461 e. The molecule has 182 valence electrons. The number of Topliss-reactive ketones (excluding diaryl/α,β-unsaturated/α-hetero) is 1. The number of nitrogens with one attached hydrogen (secondary N) is 1. The first kappa shape index (κ1) is 25.0. The summed E-state index contributed by atoms with van der Waals surface area (Å²) in [6.07, 6.45) is 2.83. The second kappa shape index (κ2) is 9.85. The van der Waals surface area contributed by atoms with E-state index in [9.17, 15) is 14.4 Å². The van der Waals surface area contributed by atoms with Gasteiger partial charge in [0.1, 0.15) is 11.5 Å². The Balaban J connectivity index is 1.73. The number of hydrogen-bond donors (Lipinski definition) is 1. The predicted octanol–water partition coefficient (Wildman–Crippen LogP) is 5.85. The highest BCUT2D eigenvalue weighted by atomic mass is 35.5. The van der Waals surface area contributed by atoms with Crippen LogP contribution < -0.4 is 10.9 Å². The zero-order chi connectivity index (χ0) is 25.3. The number of carbonyl (C=O) groups excluding carboxylic acids is 2. The van der Waals surface area contributed by atoms with Crippen LogP contribution in [0.4, 0.5) is 5.82 Å². The summed E-state index contributed by atoms with van der Waals surface area (Å²) in [4.78, 5) is 39.9. The third-order valence-corrected chi connectivity index (χ3v) is 6.64. The Morgan fingerprint density at radius 2 is 1.94 bits per heavy atom. The minimum atomic E-state index is -0.734. The van der Waals surface area contributed by atoms with E-state index in [1.165, 1.54) is 45.2 Å². The highest BCUT2D eigenvalue weighted by Gasteiger charge is 2.28. The fraction of sp³-hybridized carbons (Fsp3) is 0.250. The van der Waals surface area contributed by atoms with E-state index in [4.69, 9.17) is 27.6 Å². The number of pyridine rings is 1. The zero-order valence-electron chi connectivity index (χ0n) is 19.2. The molecule has 0 aliphatic rings. The van der Waals surface area contributed by atoms with Crippen LogP contribution in [-0.2, 0) is 13.1 Å². The second-order valence-electron chi connectivity index (χ2n) is 8.81. The number of aromatic nitrogens is 3. The van der Waals surface area contributed by atoms with Crippen LogP contribution >= 0.6 is 34.5 Å². The number of ketones is 1. The number of halogens is 2. The minimum absolute atomic E-state index is 0.0871. The van der Waals surface area contributed by atoms with E-state index in [1.54, 1.807) is 39.0 Å². The summed E-state index contributed by atoms with van der Waals surface area (Å²) in [7, 11) is 0. The molecule has 0 bridgehead atoms. The predicted molar refractivity (Wildman–Crippen MR) is 137 cm³/mol. The Labute approximate surface area is 215 Å². The van der Waals surface area contributed by atoms with Crippen molar-refractivity contribution in [3.63, 3.8) is 0 Å². The van der Waals surface area contributed by atoms with E-state index in [0.717, 1.165) is 4.88 Å². The highest BCUT2D eigenvalue weighted by Crippen LogP contribution is 2.29. The topological polar surface area (TPSA) is 99.1 Å². The van der Waals surface area contributed by atoms with Crippen molar-refractivity contribution in [2.45, 2.75) is 33.9 Å². The second-order valence-corrected chi connectivity index (χ2v) is 11.0. The molecule has 0 saturated heterocycles. The van der Waals surface area contributed by atoms with Gasteiger partial charge in [0.2, 0.25) is 5.78 Å². The highest BCUT2D eigenvalue weighted by molar-refractivity contribution is 7.16. The number of anilines is 1. The van der Waals surface area contributed by atoms with Gasteiger partial charge in [0.05, 0.1) is 34.3 Å². The molecule has 4 rings (SSSR count). The average molecular weight is 533 g/mol. The molecule has 0 amide bonds. The van der Waals surface area contributed by atoms with E-state index in [1.807, 2.05) is 6.07 Å². The summed E-state index contributed by atoms with van der Waals surface area (Å²) in [5, 5.41) is 7.79. The van der Waals surface area contributed by atoms with Gasteiger partial charge in [-0.2, -0.15) is 9.78 Å². The number of thiophene rings is 1. The van der Waals surface area contributed by atoms with Gasteiger partial charge < -0.3 is 14.3 Å². The van der Waals surface area contributed by atoms with Gasteiger partial charge in [-0.1, -0.05) is 44.0 Å². The summed E-state index contributed by atoms with van der Waals surface area (Å²) in [5.41, 5.74) is -0.947. The van der Waals surface area contributed by atoms with Gasteiger partial charge in [0, 0.05) is 22.6 Å². The third kappa shape index (κ3) is 5.42. The lowest BCUT2D eigenvalue weighted by atomic mass is 9.96. The summed E-state index contributed by atoms with van der Waals surface area (Å²) in [5.74, 6) is -0.0813. The molecule has 4 aromatic rings. The monoisotopic (exact) mass is 532 g/mol. The largest absolute Gasteiger partial charge is 0.461 e. The number of hydrogen-bond acceptors (Lipinski definition) is 7. The average Bonchev–Trinajstić information content (AvgIpc) is 3.54. The third-order valence-electron chi connectivity index (χ3n) is 5.10. The molecule has 4 heterocycles. The molecule has 0 fully saturated rings. The molecule has 11 heteroatoms. The molecule has 0 atom stereocenters. The maximum absolute atomic E-state index is 13.3. The normalized spacial score (nSPS) is 11.6. The SMILES string of the molecule is CC(C)(C)C(=O)n1nc(-c2c(Cl)ccn(CC(=O)c3ccco3)c2=O)cc1NCc1ccc(Cl)s1. The Kier molecular flexibility index (Phi) is 7.02. The number of furan rings is 1. The van der Waals surface area contributed by atoms with E-state index >= 15 is 0 Å². The van der Waals surface area contributed by atoms with Crippen LogP contribution in [0.15, 0.2) is 58.1 Å². The Hall–Kier alpha value is -3.14. The molecule has 4 aromatic heterocycles. The summed E-state index contributed by atoms with van der Waals surface area (Å²) in [6.45, 7) is 5.51. The number of carbonyl (C=O) groups is 2. The molecular weight excluding hydrogens is 511 g/mol. The van der Waals surface area contributed by atoms with Crippen molar-refractivity contribution in [2.24, 2.45) is 5.41 Å². The van der Waals surface area contributed by atoms with Gasteiger partial charge in [-0.05, 0) is 30.3 Å². The van der Waals surface area contributed by atoms with Crippen molar-refractivity contribution in [2.75, 3.05) is 5.32 Å². The van der Waals surface area contributed by atoms with Crippen LogP contribution in [0.3, 0.4) is 0 Å². The van der Waals surface area contributed by atoms with E-state index in [-0.39, 0.29) is 40.3 Å². The molecule has 0 spiro atoms. The van der Waals surface area contributed by atoms with Crippen molar-refractivity contribution in [1.29, 1.82) is 0 Å². The van der Waals surface area contributed by atoms with Gasteiger partial charge in [-0.3, -0.25) is 14.4 Å². The van der Waals surface area contributed by atoms with Crippen molar-refractivity contribution >= 4 is 52.0 Å². The van der Waals surface area contributed by atoms with Crippen LogP contribution in [0.1, 0.15) is 41.0 Å². The Morgan fingerprint density at radius 1 is 1.17 bits per heavy atom. The summed E-state index contributed by atoms with van der Waals surface area (Å²) >= 11 is 13.8. The molecule has 0 unspecified atom stereocenters. The molecule has 0 aromatic carbocycles. The molecule has 8 nitrogen and oxygen atoms in total.